The Hall–Kier alpha value is -5.76. The second-order valence-corrected chi connectivity index (χ2v) is 14.2. The molecule has 56 heavy (non-hydrogen) atoms. The van der Waals surface area contributed by atoms with Crippen molar-refractivity contribution in [3.63, 3.8) is 0 Å². The van der Waals surface area contributed by atoms with Crippen molar-refractivity contribution >= 4 is 22.8 Å². The van der Waals surface area contributed by atoms with Crippen molar-refractivity contribution < 1.29 is 23.8 Å². The van der Waals surface area contributed by atoms with Crippen LogP contribution in [0.3, 0.4) is 0 Å². The zero-order chi connectivity index (χ0) is 38.7. The van der Waals surface area contributed by atoms with E-state index in [0.29, 0.717) is 26.2 Å². The van der Waals surface area contributed by atoms with Gasteiger partial charge in [-0.05, 0) is 70.0 Å². The Labute approximate surface area is 330 Å². The van der Waals surface area contributed by atoms with Gasteiger partial charge in [-0.25, -0.2) is 4.79 Å². The fourth-order valence-corrected chi connectivity index (χ4v) is 8.07. The van der Waals surface area contributed by atoms with Gasteiger partial charge in [0, 0.05) is 38.0 Å². The Balaban J connectivity index is 1.18. The molecule has 7 nitrogen and oxygen atoms in total. The quantitative estimate of drug-likeness (QED) is 0.0941. The highest BCUT2D eigenvalue weighted by Gasteiger charge is 2.32. The van der Waals surface area contributed by atoms with Gasteiger partial charge in [-0.3, -0.25) is 4.79 Å². The van der Waals surface area contributed by atoms with Gasteiger partial charge in [-0.2, -0.15) is 0 Å². The number of hydrogen-bond donors (Lipinski definition) is 1. The van der Waals surface area contributed by atoms with Gasteiger partial charge in [-0.1, -0.05) is 152 Å². The minimum absolute atomic E-state index is 0.0388. The SMILES string of the molecule is CCOC(CN(CCC(c1ccccc1)c1ccccc1)C(=O)C(Cc1cccc2ccccc12)NC(=O)OCC1c2ccccc2-c2ccccc21)OCC. The van der Waals surface area contributed by atoms with E-state index in [0.717, 1.165) is 38.6 Å². The Morgan fingerprint density at radius 2 is 1.21 bits per heavy atom. The van der Waals surface area contributed by atoms with Crippen molar-refractivity contribution in [2.45, 2.75) is 50.9 Å². The maximum absolute atomic E-state index is 15.1. The molecule has 286 valence electrons. The highest BCUT2D eigenvalue weighted by Crippen LogP contribution is 2.44. The fraction of sp³-hybridized carbons (Fsp3) is 0.265. The number of rotatable bonds is 17. The smallest absolute Gasteiger partial charge is 0.407 e. The summed E-state index contributed by atoms with van der Waals surface area (Å²) in [6.45, 7) is 5.45. The fourth-order valence-electron chi connectivity index (χ4n) is 8.07. The largest absolute Gasteiger partial charge is 0.449 e. The van der Waals surface area contributed by atoms with Gasteiger partial charge in [0.05, 0.1) is 6.54 Å². The van der Waals surface area contributed by atoms with E-state index in [-0.39, 0.29) is 37.3 Å². The number of carbonyl (C=O) groups is 2. The van der Waals surface area contributed by atoms with E-state index in [9.17, 15) is 4.79 Å². The Morgan fingerprint density at radius 3 is 1.84 bits per heavy atom. The Kier molecular flexibility index (Phi) is 12.9. The van der Waals surface area contributed by atoms with Gasteiger partial charge in [0.15, 0.2) is 6.29 Å². The molecule has 6 aromatic rings. The van der Waals surface area contributed by atoms with Gasteiger partial charge < -0.3 is 24.4 Å². The van der Waals surface area contributed by atoms with Crippen LogP contribution in [0.2, 0.25) is 0 Å². The van der Waals surface area contributed by atoms with Crippen molar-refractivity contribution in [3.8, 4) is 11.1 Å². The highest BCUT2D eigenvalue weighted by molar-refractivity contribution is 5.89. The third kappa shape index (κ3) is 9.02. The number of nitrogens with zero attached hydrogens (tertiary/aromatic N) is 1. The summed E-state index contributed by atoms with van der Waals surface area (Å²) in [7, 11) is 0. The molecule has 7 rings (SSSR count). The summed E-state index contributed by atoms with van der Waals surface area (Å²) < 4.78 is 18.0. The summed E-state index contributed by atoms with van der Waals surface area (Å²) in [5.74, 6) is -0.296. The molecule has 0 heterocycles. The molecule has 0 radical (unpaired) electrons. The second kappa shape index (κ2) is 18.7. The number of alkyl carbamates (subject to hydrolysis) is 1. The third-order valence-electron chi connectivity index (χ3n) is 10.7. The van der Waals surface area contributed by atoms with Gasteiger partial charge in [-0.15, -0.1) is 0 Å². The first kappa shape index (κ1) is 38.5. The lowest BCUT2D eigenvalue weighted by atomic mass is 9.88. The van der Waals surface area contributed by atoms with Crippen LogP contribution < -0.4 is 5.32 Å². The van der Waals surface area contributed by atoms with Crippen LogP contribution in [0.25, 0.3) is 21.9 Å². The molecule has 1 aliphatic rings. The predicted octanol–water partition coefficient (Wildman–Crippen LogP) is 9.74. The molecule has 1 unspecified atom stereocenters. The average Bonchev–Trinajstić information content (AvgIpc) is 3.56. The van der Waals surface area contributed by atoms with Crippen LogP contribution in [0.5, 0.6) is 0 Å². The summed E-state index contributed by atoms with van der Waals surface area (Å²) in [4.78, 5) is 30.8. The summed E-state index contributed by atoms with van der Waals surface area (Å²) in [5.41, 5.74) is 7.85. The average molecular weight is 747 g/mol. The van der Waals surface area contributed by atoms with E-state index in [1.54, 1.807) is 4.90 Å². The Morgan fingerprint density at radius 1 is 0.661 bits per heavy atom. The normalized spacial score (nSPS) is 12.7. The number of benzene rings is 6. The molecule has 7 heteroatoms. The summed E-state index contributed by atoms with van der Waals surface area (Å²) >= 11 is 0. The molecule has 2 amide bonds. The minimum atomic E-state index is -0.924. The van der Waals surface area contributed by atoms with Crippen LogP contribution in [-0.2, 0) is 25.4 Å². The standard InChI is InChI=1S/C49H50N2O5/c1-3-54-47(55-4-2)33-51(31-30-40(35-18-7-5-8-19-35)36-20-9-6-10-21-36)48(52)46(32-38-24-17-23-37-22-11-12-25-39(37)38)50-49(53)56-34-45-43-28-15-13-26-41(43)42-27-14-16-29-44(42)45/h5-29,40,45-47H,3-4,30-34H2,1-2H3,(H,50,53). The maximum atomic E-state index is 15.1. The predicted molar refractivity (Wildman–Crippen MR) is 223 cm³/mol. The molecule has 0 saturated carbocycles. The first-order chi connectivity index (χ1) is 27.5. The van der Waals surface area contributed by atoms with Crippen molar-refractivity contribution in [1.29, 1.82) is 0 Å². The molecular weight excluding hydrogens is 697 g/mol. The molecule has 0 fully saturated rings. The van der Waals surface area contributed by atoms with Gasteiger partial charge in [0.25, 0.3) is 0 Å². The van der Waals surface area contributed by atoms with Crippen LogP contribution in [-0.4, -0.2) is 62.1 Å². The van der Waals surface area contributed by atoms with E-state index in [1.807, 2.05) is 98.8 Å². The van der Waals surface area contributed by atoms with Gasteiger partial charge in [0.2, 0.25) is 5.91 Å². The highest BCUT2D eigenvalue weighted by atomic mass is 16.7. The molecule has 0 aliphatic heterocycles. The molecule has 0 saturated heterocycles. The second-order valence-electron chi connectivity index (χ2n) is 14.2. The molecule has 6 aromatic carbocycles. The van der Waals surface area contributed by atoms with E-state index in [4.69, 9.17) is 14.2 Å². The summed E-state index contributed by atoms with van der Waals surface area (Å²) in [6.07, 6.45) is -0.344. The van der Waals surface area contributed by atoms with Crippen LogP contribution >= 0.6 is 0 Å². The number of carbonyl (C=O) groups excluding carboxylic acids is 2. The van der Waals surface area contributed by atoms with Crippen LogP contribution in [0.15, 0.2) is 152 Å². The number of hydrogen-bond acceptors (Lipinski definition) is 5. The monoisotopic (exact) mass is 746 g/mol. The summed E-state index contributed by atoms with van der Waals surface area (Å²) in [6, 6.07) is 50.5. The zero-order valence-electron chi connectivity index (χ0n) is 32.2. The lowest BCUT2D eigenvalue weighted by Crippen LogP contribution is -2.52. The van der Waals surface area contributed by atoms with E-state index in [1.165, 1.54) is 11.1 Å². The van der Waals surface area contributed by atoms with Crippen LogP contribution in [0.1, 0.15) is 59.9 Å². The maximum Gasteiger partial charge on any atom is 0.407 e. The number of ether oxygens (including phenoxy) is 3. The molecule has 1 aliphatic carbocycles. The topological polar surface area (TPSA) is 77.1 Å². The zero-order valence-corrected chi connectivity index (χ0v) is 32.2. The van der Waals surface area contributed by atoms with E-state index < -0.39 is 18.4 Å². The molecule has 0 bridgehead atoms. The first-order valence-electron chi connectivity index (χ1n) is 19.7. The number of fused-ring (bicyclic) bond motifs is 4. The van der Waals surface area contributed by atoms with Crippen LogP contribution in [0.4, 0.5) is 4.79 Å². The molecule has 1 N–H and O–H groups in total. The first-order valence-corrected chi connectivity index (χ1v) is 19.7. The lowest BCUT2D eigenvalue weighted by molar-refractivity contribution is -0.160. The number of amides is 2. The minimum Gasteiger partial charge on any atom is -0.449 e. The molecule has 0 spiro atoms. The number of nitrogens with one attached hydrogen (secondary N) is 1. The molecule has 0 aromatic heterocycles. The molecule has 1 atom stereocenters. The molecular formula is C49H50N2O5. The van der Waals surface area contributed by atoms with E-state index >= 15 is 4.79 Å². The lowest BCUT2D eigenvalue weighted by Gasteiger charge is -2.32. The van der Waals surface area contributed by atoms with E-state index in [2.05, 4.69) is 72.0 Å². The van der Waals surface area contributed by atoms with Crippen molar-refractivity contribution in [2.75, 3.05) is 32.9 Å². The third-order valence-corrected chi connectivity index (χ3v) is 10.7. The van der Waals surface area contributed by atoms with Crippen LogP contribution in [0, 0.1) is 0 Å². The van der Waals surface area contributed by atoms with Crippen molar-refractivity contribution in [1.82, 2.24) is 10.2 Å². The van der Waals surface area contributed by atoms with Crippen molar-refractivity contribution in [2.24, 2.45) is 0 Å². The van der Waals surface area contributed by atoms with Gasteiger partial charge >= 0.3 is 6.09 Å². The van der Waals surface area contributed by atoms with Gasteiger partial charge in [0.1, 0.15) is 12.6 Å². The summed E-state index contributed by atoms with van der Waals surface area (Å²) in [5, 5.41) is 5.13. The van der Waals surface area contributed by atoms with Crippen molar-refractivity contribution in [3.05, 3.63) is 179 Å². The Bertz CT molecular complexity index is 2110.